The van der Waals surface area contributed by atoms with Gasteiger partial charge in [0.25, 0.3) is 0 Å². The second-order valence-electron chi connectivity index (χ2n) is 7.47. The number of anilines is 1. The van der Waals surface area contributed by atoms with E-state index in [9.17, 15) is 4.79 Å². The minimum absolute atomic E-state index is 0.0137. The van der Waals surface area contributed by atoms with Gasteiger partial charge < -0.3 is 4.90 Å². The molecule has 1 amide bonds. The maximum atomic E-state index is 13.0. The summed E-state index contributed by atoms with van der Waals surface area (Å²) in [5.41, 5.74) is 1.88. The molecule has 0 aliphatic carbocycles. The van der Waals surface area contributed by atoms with Gasteiger partial charge in [0, 0.05) is 17.9 Å². The number of aromatic nitrogens is 3. The van der Waals surface area contributed by atoms with E-state index in [0.29, 0.717) is 6.54 Å². The molecule has 2 aromatic carbocycles. The van der Waals surface area contributed by atoms with Gasteiger partial charge in [-0.15, -0.1) is 16.8 Å². The van der Waals surface area contributed by atoms with Crippen molar-refractivity contribution in [1.82, 2.24) is 19.7 Å². The van der Waals surface area contributed by atoms with Crippen LogP contribution in [0.3, 0.4) is 0 Å². The van der Waals surface area contributed by atoms with Crippen LogP contribution in [0.4, 0.5) is 5.69 Å². The summed E-state index contributed by atoms with van der Waals surface area (Å²) in [6, 6.07) is 19.8. The molecule has 1 aliphatic heterocycles. The van der Waals surface area contributed by atoms with Gasteiger partial charge in [0.1, 0.15) is 0 Å². The van der Waals surface area contributed by atoms with Crippen LogP contribution in [0.25, 0.3) is 5.69 Å². The number of hydrogen-bond acceptors (Lipinski definition) is 5. The highest BCUT2D eigenvalue weighted by Gasteiger charge is 2.21. The highest BCUT2D eigenvalue weighted by atomic mass is 32.2. The molecule has 2 heterocycles. The van der Waals surface area contributed by atoms with E-state index in [-0.39, 0.29) is 11.7 Å². The van der Waals surface area contributed by atoms with Crippen LogP contribution in [0.2, 0.25) is 0 Å². The third-order valence-electron chi connectivity index (χ3n) is 5.28. The lowest BCUT2D eigenvalue weighted by Crippen LogP contribution is -2.32. The van der Waals surface area contributed by atoms with E-state index < -0.39 is 0 Å². The van der Waals surface area contributed by atoms with Crippen molar-refractivity contribution in [1.29, 1.82) is 0 Å². The molecule has 0 saturated carbocycles. The topological polar surface area (TPSA) is 54.3 Å². The number of amides is 1. The van der Waals surface area contributed by atoms with Gasteiger partial charge in [-0.1, -0.05) is 54.2 Å². The summed E-state index contributed by atoms with van der Waals surface area (Å²) in [5.74, 6) is 1.20. The van der Waals surface area contributed by atoms with Crippen LogP contribution >= 0.6 is 11.8 Å². The Kier molecular flexibility index (Phi) is 7.17. The zero-order valence-electron chi connectivity index (χ0n) is 17.6. The van der Waals surface area contributed by atoms with Crippen molar-refractivity contribution in [3.8, 4) is 5.69 Å². The number of para-hydroxylation sites is 2. The van der Waals surface area contributed by atoms with Gasteiger partial charge in [0.05, 0.1) is 12.3 Å². The van der Waals surface area contributed by atoms with Crippen LogP contribution < -0.4 is 4.90 Å². The number of benzene rings is 2. The molecule has 1 aromatic heterocycles. The Balaban J connectivity index is 1.54. The van der Waals surface area contributed by atoms with Crippen LogP contribution in [-0.2, 0) is 11.3 Å². The minimum atomic E-state index is 0.0137. The number of carbonyl (C=O) groups excluding carboxylic acids is 1. The first-order valence-corrected chi connectivity index (χ1v) is 11.6. The first-order chi connectivity index (χ1) is 15.3. The van der Waals surface area contributed by atoms with Gasteiger partial charge in [-0.05, 0) is 50.2 Å². The van der Waals surface area contributed by atoms with Crippen LogP contribution in [0.1, 0.15) is 18.7 Å². The van der Waals surface area contributed by atoms with Gasteiger partial charge in [0.15, 0.2) is 11.0 Å². The summed E-state index contributed by atoms with van der Waals surface area (Å²) < 4.78 is 2.08. The molecule has 0 atom stereocenters. The molecule has 1 saturated heterocycles. The average Bonchev–Trinajstić information content (AvgIpc) is 3.47. The largest absolute Gasteiger partial charge is 0.308 e. The molecule has 0 radical (unpaired) electrons. The molecule has 1 fully saturated rings. The predicted octanol–water partition coefficient (Wildman–Crippen LogP) is 4.17. The molecule has 3 aromatic rings. The fourth-order valence-corrected chi connectivity index (χ4v) is 4.61. The van der Waals surface area contributed by atoms with Crippen molar-refractivity contribution in [3.63, 3.8) is 0 Å². The Labute approximate surface area is 187 Å². The average molecular weight is 434 g/mol. The smallest absolute Gasteiger partial charge is 0.237 e. The van der Waals surface area contributed by atoms with E-state index in [2.05, 4.69) is 38.4 Å². The zero-order chi connectivity index (χ0) is 21.5. The Bertz CT molecular complexity index is 999. The van der Waals surface area contributed by atoms with E-state index in [1.807, 2.05) is 48.5 Å². The summed E-state index contributed by atoms with van der Waals surface area (Å²) in [5, 5.41) is 9.66. The fourth-order valence-electron chi connectivity index (χ4n) is 3.77. The van der Waals surface area contributed by atoms with E-state index >= 15 is 0 Å². The zero-order valence-corrected chi connectivity index (χ0v) is 18.4. The molecule has 0 N–H and O–H groups in total. The van der Waals surface area contributed by atoms with Crippen LogP contribution in [0, 0.1) is 0 Å². The molecular formula is C24H27N5OS. The molecule has 160 valence electrons. The molecule has 7 heteroatoms. The summed E-state index contributed by atoms with van der Waals surface area (Å²) in [7, 11) is 0. The fraction of sp³-hybridized carbons (Fsp3) is 0.292. The summed E-state index contributed by atoms with van der Waals surface area (Å²) in [4.78, 5) is 17.2. The van der Waals surface area contributed by atoms with Gasteiger partial charge in [-0.2, -0.15) is 0 Å². The second kappa shape index (κ2) is 10.4. The van der Waals surface area contributed by atoms with Crippen molar-refractivity contribution in [2.24, 2.45) is 0 Å². The third kappa shape index (κ3) is 5.24. The first-order valence-electron chi connectivity index (χ1n) is 10.6. The van der Waals surface area contributed by atoms with Crippen LogP contribution in [0.15, 0.2) is 78.5 Å². The van der Waals surface area contributed by atoms with Crippen molar-refractivity contribution >= 4 is 23.4 Å². The standard InChI is InChI=1S/C24H27N5OS/c1-2-15-28(20-11-5-3-6-12-20)23(30)19-31-24-26-25-22(18-27-16-9-10-17-27)29(24)21-13-7-4-8-14-21/h2-8,11-14H,1,9-10,15-19H2. The molecule has 0 spiro atoms. The summed E-state index contributed by atoms with van der Waals surface area (Å²) in [6.07, 6.45) is 4.21. The van der Waals surface area contributed by atoms with E-state index in [1.165, 1.54) is 24.6 Å². The maximum absolute atomic E-state index is 13.0. The van der Waals surface area contributed by atoms with Crippen LogP contribution in [-0.4, -0.2) is 51.0 Å². The van der Waals surface area contributed by atoms with Crippen molar-refractivity contribution in [2.45, 2.75) is 24.5 Å². The van der Waals surface area contributed by atoms with Gasteiger partial charge in [0.2, 0.25) is 5.91 Å². The monoisotopic (exact) mass is 433 g/mol. The quantitative estimate of drug-likeness (QED) is 0.374. The maximum Gasteiger partial charge on any atom is 0.237 e. The molecule has 1 aliphatic rings. The minimum Gasteiger partial charge on any atom is -0.308 e. The highest BCUT2D eigenvalue weighted by molar-refractivity contribution is 7.99. The lowest BCUT2D eigenvalue weighted by atomic mass is 10.3. The number of thioether (sulfide) groups is 1. The Hall–Kier alpha value is -2.90. The third-order valence-corrected chi connectivity index (χ3v) is 6.20. The lowest BCUT2D eigenvalue weighted by molar-refractivity contribution is -0.116. The summed E-state index contributed by atoms with van der Waals surface area (Å²) >= 11 is 1.42. The number of nitrogens with zero attached hydrogens (tertiary/aromatic N) is 5. The molecule has 31 heavy (non-hydrogen) atoms. The van der Waals surface area contributed by atoms with Crippen molar-refractivity contribution < 1.29 is 4.79 Å². The molecule has 0 unspecified atom stereocenters. The normalized spacial score (nSPS) is 13.9. The number of hydrogen-bond donors (Lipinski definition) is 0. The SMILES string of the molecule is C=CCN(C(=O)CSc1nnc(CN2CCCC2)n1-c1ccccc1)c1ccccc1. The molecule has 0 bridgehead atoms. The number of likely N-dealkylation sites (tertiary alicyclic amines) is 1. The van der Waals surface area contributed by atoms with E-state index in [1.54, 1.807) is 11.0 Å². The number of carbonyl (C=O) groups is 1. The Morgan fingerprint density at radius 2 is 1.71 bits per heavy atom. The van der Waals surface area contributed by atoms with Gasteiger partial charge in [-0.3, -0.25) is 14.3 Å². The number of rotatable bonds is 9. The van der Waals surface area contributed by atoms with Crippen molar-refractivity contribution in [3.05, 3.63) is 79.1 Å². The molecule has 4 rings (SSSR count). The lowest BCUT2D eigenvalue weighted by Gasteiger charge is -2.21. The highest BCUT2D eigenvalue weighted by Crippen LogP contribution is 2.25. The van der Waals surface area contributed by atoms with Crippen LogP contribution in [0.5, 0.6) is 0 Å². The molecule has 6 nitrogen and oxygen atoms in total. The van der Waals surface area contributed by atoms with E-state index in [4.69, 9.17) is 0 Å². The van der Waals surface area contributed by atoms with E-state index in [0.717, 1.165) is 42.0 Å². The molecular weight excluding hydrogens is 406 g/mol. The van der Waals surface area contributed by atoms with Gasteiger partial charge >= 0.3 is 0 Å². The Morgan fingerprint density at radius 3 is 2.39 bits per heavy atom. The first kappa shape index (κ1) is 21.3. The predicted molar refractivity (Wildman–Crippen MR) is 126 cm³/mol. The van der Waals surface area contributed by atoms with Gasteiger partial charge in [-0.25, -0.2) is 0 Å². The Morgan fingerprint density at radius 1 is 1.03 bits per heavy atom. The second-order valence-corrected chi connectivity index (χ2v) is 8.41. The van der Waals surface area contributed by atoms with Crippen molar-refractivity contribution in [2.75, 3.05) is 30.3 Å². The summed E-state index contributed by atoms with van der Waals surface area (Å²) in [6.45, 7) is 7.22.